The number of hydrogen-bond donors (Lipinski definition) is 1. The van der Waals surface area contributed by atoms with E-state index in [9.17, 15) is 23.3 Å². The van der Waals surface area contributed by atoms with E-state index in [1.807, 2.05) is 30.3 Å². The molecule has 0 spiro atoms. The predicted octanol–water partition coefficient (Wildman–Crippen LogP) is 1.30. The molecule has 1 heterocycles. The Morgan fingerprint density at radius 3 is 2.54 bits per heavy atom. The summed E-state index contributed by atoms with van der Waals surface area (Å²) in [4.78, 5) is 22.0. The molecular formula is C18H19N3O6S. The third-order valence-electron chi connectivity index (χ3n) is 4.26. The number of carbonyl (C=O) groups is 1. The largest absolute Gasteiger partial charge is 0.370 e. The highest BCUT2D eigenvalue weighted by atomic mass is 32.2. The molecule has 1 fully saturated rings. The van der Waals surface area contributed by atoms with E-state index in [0.29, 0.717) is 0 Å². The van der Waals surface area contributed by atoms with E-state index < -0.39 is 44.1 Å². The number of nitrogens with zero attached hydrogens (tertiary/aromatic N) is 2. The maximum atomic E-state index is 13.0. The van der Waals surface area contributed by atoms with Gasteiger partial charge >= 0.3 is 0 Å². The average molecular weight is 405 g/mol. The number of benzene rings is 2. The van der Waals surface area contributed by atoms with Crippen molar-refractivity contribution in [1.82, 2.24) is 9.62 Å². The second kappa shape index (κ2) is 8.46. The van der Waals surface area contributed by atoms with Crippen LogP contribution in [0.5, 0.6) is 0 Å². The Morgan fingerprint density at radius 2 is 1.82 bits per heavy atom. The highest BCUT2D eigenvalue weighted by Gasteiger charge is 2.36. The number of sulfonamides is 1. The summed E-state index contributed by atoms with van der Waals surface area (Å²) < 4.78 is 32.7. The normalized spacial score (nSPS) is 18.3. The molecule has 9 nitrogen and oxygen atoms in total. The molecule has 3 rings (SSSR count). The van der Waals surface area contributed by atoms with Crippen molar-refractivity contribution in [2.75, 3.05) is 19.6 Å². The van der Waals surface area contributed by atoms with Gasteiger partial charge in [0.15, 0.2) is 4.90 Å². The lowest BCUT2D eigenvalue weighted by Crippen LogP contribution is -2.39. The molecule has 1 aliphatic heterocycles. The van der Waals surface area contributed by atoms with Crippen molar-refractivity contribution in [3.05, 3.63) is 70.3 Å². The smallest absolute Gasteiger partial charge is 0.289 e. The first-order valence-corrected chi connectivity index (χ1v) is 9.97. The fraction of sp³-hybridized carbons (Fsp3) is 0.278. The van der Waals surface area contributed by atoms with Crippen LogP contribution in [-0.2, 0) is 26.2 Å². The predicted molar refractivity (Wildman–Crippen MR) is 99.9 cm³/mol. The molecule has 10 heteroatoms. The fourth-order valence-corrected chi connectivity index (χ4v) is 4.43. The molecule has 1 aliphatic rings. The van der Waals surface area contributed by atoms with E-state index in [0.717, 1.165) is 22.0 Å². The zero-order valence-corrected chi connectivity index (χ0v) is 15.7. The molecule has 28 heavy (non-hydrogen) atoms. The van der Waals surface area contributed by atoms with Gasteiger partial charge in [-0.05, 0) is 11.6 Å². The number of para-hydroxylation sites is 1. The van der Waals surface area contributed by atoms with Gasteiger partial charge in [0.2, 0.25) is 15.9 Å². The van der Waals surface area contributed by atoms with Gasteiger partial charge in [0.1, 0.15) is 0 Å². The van der Waals surface area contributed by atoms with Crippen LogP contribution in [-0.4, -0.2) is 49.3 Å². The van der Waals surface area contributed by atoms with Crippen molar-refractivity contribution in [3.8, 4) is 0 Å². The van der Waals surface area contributed by atoms with Crippen molar-refractivity contribution in [3.63, 3.8) is 0 Å². The van der Waals surface area contributed by atoms with Crippen LogP contribution in [0.1, 0.15) is 5.56 Å². The Hall–Kier alpha value is -2.82. The lowest BCUT2D eigenvalue weighted by Gasteiger charge is -2.23. The van der Waals surface area contributed by atoms with Crippen molar-refractivity contribution in [1.29, 1.82) is 0 Å². The molecular weight excluding hydrogens is 386 g/mol. The van der Waals surface area contributed by atoms with Gasteiger partial charge in [-0.15, -0.1) is 0 Å². The van der Waals surface area contributed by atoms with Crippen LogP contribution in [0.25, 0.3) is 0 Å². The summed E-state index contributed by atoms with van der Waals surface area (Å²) in [6, 6.07) is 14.4. The number of nitro benzene ring substituents is 1. The Labute approximate surface area is 162 Å². The van der Waals surface area contributed by atoms with E-state index in [1.54, 1.807) is 0 Å². The molecule has 0 aliphatic carbocycles. The molecule has 1 N–H and O–H groups in total. The number of carbonyl (C=O) groups excluding carboxylic acids is 1. The lowest BCUT2D eigenvalue weighted by molar-refractivity contribution is -0.387. The second-order valence-electron chi connectivity index (χ2n) is 6.25. The van der Waals surface area contributed by atoms with Crippen LogP contribution in [0.4, 0.5) is 5.69 Å². The summed E-state index contributed by atoms with van der Waals surface area (Å²) in [7, 11) is -4.26. The molecule has 148 valence electrons. The lowest BCUT2D eigenvalue weighted by atomic mass is 10.2. The molecule has 0 saturated carbocycles. The quantitative estimate of drug-likeness (QED) is 0.572. The Morgan fingerprint density at radius 1 is 1.14 bits per heavy atom. The molecule has 0 bridgehead atoms. The maximum Gasteiger partial charge on any atom is 0.289 e. The van der Waals surface area contributed by atoms with Gasteiger partial charge < -0.3 is 10.1 Å². The first kappa shape index (κ1) is 19.9. The second-order valence-corrected chi connectivity index (χ2v) is 8.15. The first-order valence-electron chi connectivity index (χ1n) is 8.53. The van der Waals surface area contributed by atoms with Gasteiger partial charge in [0.05, 0.1) is 24.2 Å². The molecule has 0 unspecified atom stereocenters. The summed E-state index contributed by atoms with van der Waals surface area (Å²) >= 11 is 0. The molecule has 1 amide bonds. The van der Waals surface area contributed by atoms with Gasteiger partial charge in [-0.1, -0.05) is 42.5 Å². The molecule has 0 aromatic heterocycles. The zero-order chi connectivity index (χ0) is 20.1. The van der Waals surface area contributed by atoms with Gasteiger partial charge in [-0.25, -0.2) is 8.42 Å². The van der Waals surface area contributed by atoms with Crippen LogP contribution in [0.2, 0.25) is 0 Å². The summed E-state index contributed by atoms with van der Waals surface area (Å²) in [6.07, 6.45) is -0.593. The summed E-state index contributed by atoms with van der Waals surface area (Å²) in [5, 5.41) is 13.8. The van der Waals surface area contributed by atoms with Crippen LogP contribution in [0.3, 0.4) is 0 Å². The minimum atomic E-state index is -4.26. The van der Waals surface area contributed by atoms with E-state index in [-0.39, 0.29) is 19.7 Å². The van der Waals surface area contributed by atoms with Crippen molar-refractivity contribution >= 4 is 21.6 Å². The summed E-state index contributed by atoms with van der Waals surface area (Å²) in [6.45, 7) is -0.130. The minimum Gasteiger partial charge on any atom is -0.370 e. The van der Waals surface area contributed by atoms with Crippen LogP contribution in [0.15, 0.2) is 59.5 Å². The van der Waals surface area contributed by atoms with E-state index >= 15 is 0 Å². The van der Waals surface area contributed by atoms with Gasteiger partial charge in [-0.2, -0.15) is 4.31 Å². The maximum absolute atomic E-state index is 13.0. The molecule has 1 saturated heterocycles. The topological polar surface area (TPSA) is 119 Å². The Bertz CT molecular complexity index is 964. The van der Waals surface area contributed by atoms with Gasteiger partial charge in [0, 0.05) is 19.2 Å². The number of ether oxygens (including phenoxy) is 1. The SMILES string of the molecule is O=C1CN(S(=O)(=O)c2ccccc2[N+](=O)[O-])C[C@H](OCc2ccccc2)CN1. The third kappa shape index (κ3) is 4.53. The standard InChI is InChI=1S/C18H19N3O6S/c22-18-12-20(28(25,26)17-9-5-4-8-16(17)21(23)24)11-15(10-19-18)27-13-14-6-2-1-3-7-14/h1-9,15H,10-13H2,(H,19,22)/t15-/m1/s1. The van der Waals surface area contributed by atoms with E-state index in [2.05, 4.69) is 5.32 Å². The van der Waals surface area contributed by atoms with Crippen LogP contribution >= 0.6 is 0 Å². The number of nitro groups is 1. The highest BCUT2D eigenvalue weighted by Crippen LogP contribution is 2.27. The third-order valence-corrected chi connectivity index (χ3v) is 6.12. The molecule has 0 radical (unpaired) electrons. The van der Waals surface area contributed by atoms with Crippen LogP contribution in [0, 0.1) is 10.1 Å². The average Bonchev–Trinajstić information content (AvgIpc) is 2.89. The monoisotopic (exact) mass is 405 g/mol. The number of amides is 1. The van der Waals surface area contributed by atoms with E-state index in [4.69, 9.17) is 4.74 Å². The highest BCUT2D eigenvalue weighted by molar-refractivity contribution is 7.89. The van der Waals surface area contributed by atoms with Crippen molar-refractivity contribution < 1.29 is 22.9 Å². The Balaban J connectivity index is 1.83. The number of hydrogen-bond acceptors (Lipinski definition) is 6. The minimum absolute atomic E-state index is 0.0973. The van der Waals surface area contributed by atoms with Gasteiger partial charge in [0.25, 0.3) is 5.69 Å². The van der Waals surface area contributed by atoms with Crippen molar-refractivity contribution in [2.24, 2.45) is 0 Å². The van der Waals surface area contributed by atoms with Gasteiger partial charge in [-0.3, -0.25) is 14.9 Å². The Kier molecular flexibility index (Phi) is 6.02. The van der Waals surface area contributed by atoms with E-state index in [1.165, 1.54) is 12.1 Å². The number of rotatable bonds is 6. The van der Waals surface area contributed by atoms with Crippen LogP contribution < -0.4 is 5.32 Å². The first-order chi connectivity index (χ1) is 13.4. The fourth-order valence-electron chi connectivity index (χ4n) is 2.85. The molecule has 2 aromatic carbocycles. The zero-order valence-electron chi connectivity index (χ0n) is 14.9. The molecule has 2 aromatic rings. The summed E-state index contributed by atoms with van der Waals surface area (Å²) in [5.41, 5.74) is 0.375. The summed E-state index contributed by atoms with van der Waals surface area (Å²) in [5.74, 6) is -0.493. The number of nitrogens with one attached hydrogen (secondary N) is 1. The van der Waals surface area contributed by atoms with Crippen molar-refractivity contribution in [2.45, 2.75) is 17.6 Å². The molecule has 1 atom stereocenters.